The lowest BCUT2D eigenvalue weighted by Gasteiger charge is -2.18. The van der Waals surface area contributed by atoms with Crippen LogP contribution in [0.3, 0.4) is 0 Å². The Morgan fingerprint density at radius 2 is 0.840 bits per heavy atom. The first-order valence-corrected chi connectivity index (χ1v) is 22.2. The van der Waals surface area contributed by atoms with Gasteiger partial charge in [-0.1, -0.05) is 154 Å². The highest BCUT2D eigenvalue weighted by Crippen LogP contribution is 2.36. The lowest BCUT2D eigenvalue weighted by molar-refractivity contribution is -0.161. The summed E-state index contributed by atoms with van der Waals surface area (Å²) in [6.07, 6.45) is 41.8. The van der Waals surface area contributed by atoms with Crippen molar-refractivity contribution >= 4 is 19.8 Å². The van der Waals surface area contributed by atoms with E-state index >= 15 is 0 Å². The van der Waals surface area contributed by atoms with Gasteiger partial charge in [0.05, 0.1) is 6.61 Å². The highest BCUT2D eigenvalue weighted by Gasteiger charge is 2.22. The molecule has 0 bridgehead atoms. The molecule has 0 aliphatic heterocycles. The maximum atomic E-state index is 12.4. The molecule has 0 aromatic carbocycles. The van der Waals surface area contributed by atoms with Crippen LogP contribution >= 0.6 is 7.82 Å². The summed E-state index contributed by atoms with van der Waals surface area (Å²) in [4.78, 5) is 42.8. The molecule has 0 saturated heterocycles. The van der Waals surface area contributed by atoms with E-state index in [1.165, 1.54) is 103 Å². The minimum absolute atomic E-state index is 0.202. The maximum Gasteiger partial charge on any atom is 0.469 e. The molecule has 8 nitrogen and oxygen atoms in total. The van der Waals surface area contributed by atoms with Crippen LogP contribution in [0.25, 0.3) is 0 Å². The van der Waals surface area contributed by atoms with Crippen molar-refractivity contribution in [3.05, 3.63) is 24.3 Å². The molecule has 294 valence electrons. The Morgan fingerprint density at radius 3 is 1.22 bits per heavy atom. The second-order valence-corrected chi connectivity index (χ2v) is 15.2. The highest BCUT2D eigenvalue weighted by molar-refractivity contribution is 7.46. The monoisotopic (exact) mass is 729 g/mol. The fourth-order valence-electron chi connectivity index (χ4n) is 5.83. The lowest BCUT2D eigenvalue weighted by Crippen LogP contribution is -2.29. The first-order valence-electron chi connectivity index (χ1n) is 20.6. The highest BCUT2D eigenvalue weighted by atomic mass is 31.2. The van der Waals surface area contributed by atoms with Gasteiger partial charge >= 0.3 is 19.8 Å². The topological polar surface area (TPSA) is 119 Å². The van der Waals surface area contributed by atoms with Crippen LogP contribution in [-0.2, 0) is 28.2 Å². The van der Waals surface area contributed by atoms with Crippen LogP contribution in [0.2, 0.25) is 0 Å². The average molecular weight is 729 g/mol. The quantitative estimate of drug-likeness (QED) is 0.0279. The van der Waals surface area contributed by atoms with Crippen LogP contribution in [0.15, 0.2) is 24.3 Å². The van der Waals surface area contributed by atoms with E-state index in [4.69, 9.17) is 19.3 Å². The summed E-state index contributed by atoms with van der Waals surface area (Å²) in [5, 5.41) is 0. The van der Waals surface area contributed by atoms with Gasteiger partial charge in [-0.2, -0.15) is 0 Å². The van der Waals surface area contributed by atoms with Gasteiger partial charge in [0, 0.05) is 12.8 Å². The molecule has 0 saturated carbocycles. The average Bonchev–Trinajstić information content (AvgIpc) is 3.08. The Kier molecular flexibility index (Phi) is 36.2. The van der Waals surface area contributed by atoms with E-state index < -0.39 is 32.5 Å². The molecule has 0 aromatic rings. The molecule has 0 amide bonds. The van der Waals surface area contributed by atoms with E-state index in [-0.39, 0.29) is 19.4 Å². The summed E-state index contributed by atoms with van der Waals surface area (Å²) in [5.41, 5.74) is 0. The summed E-state index contributed by atoms with van der Waals surface area (Å²) in [6, 6.07) is 0. The number of phosphoric acid groups is 1. The van der Waals surface area contributed by atoms with Crippen LogP contribution in [0.4, 0.5) is 0 Å². The number of esters is 2. The van der Waals surface area contributed by atoms with Gasteiger partial charge in [0.15, 0.2) is 6.10 Å². The Morgan fingerprint density at radius 1 is 0.500 bits per heavy atom. The van der Waals surface area contributed by atoms with E-state index in [1.807, 2.05) is 0 Å². The van der Waals surface area contributed by atoms with Crippen molar-refractivity contribution in [2.24, 2.45) is 0 Å². The summed E-state index contributed by atoms with van der Waals surface area (Å²) >= 11 is 0. The number of carbonyl (C=O) groups excluding carboxylic acids is 2. The molecule has 0 aliphatic carbocycles. The van der Waals surface area contributed by atoms with Crippen molar-refractivity contribution in [3.8, 4) is 0 Å². The lowest BCUT2D eigenvalue weighted by atomic mass is 10.1. The van der Waals surface area contributed by atoms with Crippen molar-refractivity contribution in [3.63, 3.8) is 0 Å². The van der Waals surface area contributed by atoms with Gasteiger partial charge in [0.2, 0.25) is 0 Å². The normalized spacial score (nSPS) is 12.6. The Balaban J connectivity index is 3.94. The van der Waals surface area contributed by atoms with Crippen molar-refractivity contribution in [1.29, 1.82) is 0 Å². The number of carbonyl (C=O) groups is 2. The Bertz CT molecular complexity index is 869. The molecule has 1 atom stereocenters. The number of hydrogen-bond acceptors (Lipinski definition) is 6. The number of hydrogen-bond donors (Lipinski definition) is 2. The number of allylic oxidation sites excluding steroid dienone is 4. The summed E-state index contributed by atoms with van der Waals surface area (Å²) in [5.74, 6) is -0.899. The zero-order valence-electron chi connectivity index (χ0n) is 32.3. The van der Waals surface area contributed by atoms with Crippen molar-refractivity contribution in [1.82, 2.24) is 0 Å². The minimum Gasteiger partial charge on any atom is -0.462 e. The zero-order valence-corrected chi connectivity index (χ0v) is 33.2. The Labute approximate surface area is 307 Å². The molecule has 9 heteroatoms. The molecule has 2 N–H and O–H groups in total. The second-order valence-electron chi connectivity index (χ2n) is 14.0. The predicted octanol–water partition coefficient (Wildman–Crippen LogP) is 12.4. The SMILES string of the molecule is CCCCCCCCC/C=C\CCCCCCCC(=O)OCC(COP(=O)(O)O)OC(=O)CCCCCCC/C=C\CCCCCCCCC. The second kappa shape index (κ2) is 37.3. The molecular formula is C41H77O8P. The maximum absolute atomic E-state index is 12.4. The van der Waals surface area contributed by atoms with E-state index in [1.54, 1.807) is 0 Å². The van der Waals surface area contributed by atoms with Crippen molar-refractivity contribution < 1.29 is 37.9 Å². The van der Waals surface area contributed by atoms with E-state index in [0.717, 1.165) is 64.2 Å². The smallest absolute Gasteiger partial charge is 0.462 e. The van der Waals surface area contributed by atoms with Crippen LogP contribution in [0, 0.1) is 0 Å². The third-order valence-electron chi connectivity index (χ3n) is 8.94. The summed E-state index contributed by atoms with van der Waals surface area (Å²) < 4.78 is 26.4. The number of phosphoric ester groups is 1. The van der Waals surface area contributed by atoms with Crippen LogP contribution < -0.4 is 0 Å². The molecule has 0 spiro atoms. The number of unbranched alkanes of at least 4 members (excludes halogenated alkanes) is 24. The van der Waals surface area contributed by atoms with Crippen LogP contribution in [0.5, 0.6) is 0 Å². The number of rotatable bonds is 38. The van der Waals surface area contributed by atoms with Gasteiger partial charge in [-0.15, -0.1) is 0 Å². The fraction of sp³-hybridized carbons (Fsp3) is 0.854. The third-order valence-corrected chi connectivity index (χ3v) is 9.43. The molecule has 0 aliphatic rings. The van der Waals surface area contributed by atoms with Gasteiger partial charge in [-0.05, 0) is 64.2 Å². The first kappa shape index (κ1) is 48.5. The number of ether oxygens (including phenoxy) is 2. The van der Waals surface area contributed by atoms with Gasteiger partial charge in [0.25, 0.3) is 0 Å². The van der Waals surface area contributed by atoms with Crippen LogP contribution in [-0.4, -0.2) is 41.0 Å². The van der Waals surface area contributed by atoms with Crippen LogP contribution in [0.1, 0.15) is 206 Å². The molecule has 0 rings (SSSR count). The Hall–Kier alpha value is -1.47. The van der Waals surface area contributed by atoms with Gasteiger partial charge in [-0.3, -0.25) is 14.1 Å². The zero-order chi connectivity index (χ0) is 36.8. The predicted molar refractivity (Wildman–Crippen MR) is 207 cm³/mol. The molecule has 0 radical (unpaired) electrons. The first-order chi connectivity index (χ1) is 24.3. The molecule has 0 aromatic heterocycles. The minimum atomic E-state index is -4.75. The van der Waals surface area contributed by atoms with Gasteiger partial charge < -0.3 is 19.3 Å². The van der Waals surface area contributed by atoms with Gasteiger partial charge in [0.1, 0.15) is 6.61 Å². The van der Waals surface area contributed by atoms with Gasteiger partial charge in [-0.25, -0.2) is 4.57 Å². The van der Waals surface area contributed by atoms with E-state index in [0.29, 0.717) is 12.8 Å². The standard InChI is InChI=1S/C41H77O8P/c1-3-5-7-9-11-13-15-17-19-21-23-25-27-29-31-33-35-40(42)47-37-39(38-48-50(44,45)46)49-41(43)36-34-32-30-28-26-24-22-20-18-16-14-12-10-8-6-4-2/h19-22,39H,3-18,23-38H2,1-2H3,(H2,44,45,46)/b21-19-,22-20-. The molecule has 0 fully saturated rings. The summed E-state index contributed by atoms with van der Waals surface area (Å²) in [6.45, 7) is 3.67. The summed E-state index contributed by atoms with van der Waals surface area (Å²) in [7, 11) is -4.75. The van der Waals surface area contributed by atoms with Crippen molar-refractivity contribution in [2.75, 3.05) is 13.2 Å². The van der Waals surface area contributed by atoms with Crippen molar-refractivity contribution in [2.45, 2.75) is 213 Å². The molecular weight excluding hydrogens is 651 g/mol. The molecule has 0 heterocycles. The van der Waals surface area contributed by atoms with E-state index in [2.05, 4.69) is 42.7 Å². The molecule has 1 unspecified atom stereocenters. The molecule has 50 heavy (non-hydrogen) atoms. The van der Waals surface area contributed by atoms with E-state index in [9.17, 15) is 14.2 Å². The third kappa shape index (κ3) is 39.3. The largest absolute Gasteiger partial charge is 0.469 e. The fourth-order valence-corrected chi connectivity index (χ4v) is 6.19.